The molecule has 0 amide bonds. The van der Waals surface area contributed by atoms with Crippen LogP contribution in [0.3, 0.4) is 0 Å². The van der Waals surface area contributed by atoms with Crippen molar-refractivity contribution < 1.29 is 9.13 Å². The van der Waals surface area contributed by atoms with Crippen LogP contribution in [0.4, 0.5) is 4.39 Å². The van der Waals surface area contributed by atoms with Crippen LogP contribution in [0.5, 0.6) is 5.75 Å². The second-order valence-corrected chi connectivity index (χ2v) is 5.05. The minimum atomic E-state index is -0.431. The number of nitrogens with two attached hydrogens (primary N) is 1. The van der Waals surface area contributed by atoms with Gasteiger partial charge in [-0.15, -0.1) is 0 Å². The fourth-order valence-corrected chi connectivity index (χ4v) is 2.17. The molecule has 0 fully saturated rings. The maximum atomic E-state index is 13.4. The highest BCUT2D eigenvalue weighted by Gasteiger charge is 2.08. The van der Waals surface area contributed by atoms with Gasteiger partial charge in [0.2, 0.25) is 0 Å². The number of hydrogen-bond donors (Lipinski definition) is 1. The third-order valence-corrected chi connectivity index (χ3v) is 3.38. The highest BCUT2D eigenvalue weighted by molar-refractivity contribution is 6.30. The zero-order valence-electron chi connectivity index (χ0n) is 11.3. The first kappa shape index (κ1) is 14.8. The molecule has 0 saturated heterocycles. The number of rotatable bonds is 5. The molecule has 2 nitrogen and oxygen atoms in total. The molecule has 0 heterocycles. The fourth-order valence-electron chi connectivity index (χ4n) is 2.06. The Hall–Kier alpha value is -1.58. The molecule has 0 aliphatic heterocycles. The number of benzene rings is 2. The SMILES string of the molecule is Cc1cccc(CCN)c1OCc1ccc(Cl)c(F)c1. The molecule has 0 spiro atoms. The van der Waals surface area contributed by atoms with Crippen molar-refractivity contribution in [2.45, 2.75) is 20.0 Å². The van der Waals surface area contributed by atoms with Gasteiger partial charge in [-0.05, 0) is 48.7 Å². The van der Waals surface area contributed by atoms with Crippen molar-refractivity contribution in [1.82, 2.24) is 0 Å². The number of aryl methyl sites for hydroxylation is 1. The van der Waals surface area contributed by atoms with E-state index in [4.69, 9.17) is 22.1 Å². The normalized spacial score (nSPS) is 10.6. The maximum Gasteiger partial charge on any atom is 0.142 e. The number of halogens is 2. The van der Waals surface area contributed by atoms with E-state index in [9.17, 15) is 4.39 Å². The lowest BCUT2D eigenvalue weighted by Gasteiger charge is -2.14. The van der Waals surface area contributed by atoms with Crippen LogP contribution >= 0.6 is 11.6 Å². The average Bonchev–Trinajstić information content (AvgIpc) is 2.42. The summed E-state index contributed by atoms with van der Waals surface area (Å²) in [5.74, 6) is 0.396. The van der Waals surface area contributed by atoms with E-state index >= 15 is 0 Å². The van der Waals surface area contributed by atoms with E-state index in [0.717, 1.165) is 28.9 Å². The molecule has 0 aliphatic carbocycles. The first-order valence-corrected chi connectivity index (χ1v) is 6.85. The van der Waals surface area contributed by atoms with E-state index in [-0.39, 0.29) is 5.02 Å². The number of para-hydroxylation sites is 1. The van der Waals surface area contributed by atoms with Crippen LogP contribution in [0, 0.1) is 12.7 Å². The molecule has 0 aliphatic rings. The lowest BCUT2D eigenvalue weighted by molar-refractivity contribution is 0.300. The van der Waals surface area contributed by atoms with Gasteiger partial charge in [-0.25, -0.2) is 4.39 Å². The van der Waals surface area contributed by atoms with Gasteiger partial charge in [-0.3, -0.25) is 0 Å². The van der Waals surface area contributed by atoms with Gasteiger partial charge in [0.05, 0.1) is 5.02 Å². The number of ether oxygens (including phenoxy) is 1. The van der Waals surface area contributed by atoms with Gasteiger partial charge in [0, 0.05) is 0 Å². The Morgan fingerprint density at radius 2 is 2.05 bits per heavy atom. The predicted molar refractivity (Wildman–Crippen MR) is 79.7 cm³/mol. The minimum Gasteiger partial charge on any atom is -0.488 e. The van der Waals surface area contributed by atoms with Gasteiger partial charge < -0.3 is 10.5 Å². The Bertz CT molecular complexity index is 601. The first-order valence-electron chi connectivity index (χ1n) is 6.47. The highest BCUT2D eigenvalue weighted by Crippen LogP contribution is 2.25. The molecular weight excluding hydrogens is 277 g/mol. The predicted octanol–water partition coefficient (Wildman–Crippen LogP) is 3.87. The van der Waals surface area contributed by atoms with Crippen molar-refractivity contribution in [1.29, 1.82) is 0 Å². The lowest BCUT2D eigenvalue weighted by atomic mass is 10.1. The molecule has 20 heavy (non-hydrogen) atoms. The fraction of sp³-hybridized carbons (Fsp3) is 0.250. The molecule has 0 saturated carbocycles. The van der Waals surface area contributed by atoms with Crippen molar-refractivity contribution in [2.24, 2.45) is 5.73 Å². The van der Waals surface area contributed by atoms with Crippen LogP contribution in [-0.2, 0) is 13.0 Å². The highest BCUT2D eigenvalue weighted by atomic mass is 35.5. The average molecular weight is 294 g/mol. The van der Waals surface area contributed by atoms with Crippen molar-refractivity contribution in [3.05, 3.63) is 63.9 Å². The van der Waals surface area contributed by atoms with Crippen molar-refractivity contribution >= 4 is 11.6 Å². The Morgan fingerprint density at radius 1 is 1.25 bits per heavy atom. The Labute approximate surface area is 123 Å². The van der Waals surface area contributed by atoms with Crippen LogP contribution in [0.1, 0.15) is 16.7 Å². The van der Waals surface area contributed by atoms with Gasteiger partial charge in [0.1, 0.15) is 18.2 Å². The summed E-state index contributed by atoms with van der Waals surface area (Å²) in [6, 6.07) is 10.6. The number of hydrogen-bond acceptors (Lipinski definition) is 2. The van der Waals surface area contributed by atoms with Gasteiger partial charge in [0.25, 0.3) is 0 Å². The molecule has 0 unspecified atom stereocenters. The van der Waals surface area contributed by atoms with Crippen LogP contribution in [0.15, 0.2) is 36.4 Å². The Morgan fingerprint density at radius 3 is 2.75 bits per heavy atom. The quantitative estimate of drug-likeness (QED) is 0.908. The van der Waals surface area contributed by atoms with Crippen LogP contribution in [0.2, 0.25) is 5.02 Å². The Kier molecular flexibility index (Phi) is 4.99. The van der Waals surface area contributed by atoms with E-state index in [1.165, 1.54) is 12.1 Å². The molecule has 0 aromatic heterocycles. The zero-order valence-corrected chi connectivity index (χ0v) is 12.1. The summed E-state index contributed by atoms with van der Waals surface area (Å²) in [5, 5.41) is 0.119. The Balaban J connectivity index is 2.15. The summed E-state index contributed by atoms with van der Waals surface area (Å²) >= 11 is 5.66. The van der Waals surface area contributed by atoms with Gasteiger partial charge in [-0.1, -0.05) is 35.9 Å². The molecule has 2 N–H and O–H groups in total. The summed E-state index contributed by atoms with van der Waals surface area (Å²) in [5.41, 5.74) is 8.47. The second kappa shape index (κ2) is 6.73. The molecule has 2 aromatic rings. The van der Waals surface area contributed by atoms with Gasteiger partial charge >= 0.3 is 0 Å². The first-order chi connectivity index (χ1) is 9.61. The van der Waals surface area contributed by atoms with Gasteiger partial charge in [-0.2, -0.15) is 0 Å². The van der Waals surface area contributed by atoms with Crippen molar-refractivity contribution in [3.8, 4) is 5.75 Å². The minimum absolute atomic E-state index is 0.119. The molecule has 2 rings (SSSR count). The van der Waals surface area contributed by atoms with E-state index in [1.807, 2.05) is 25.1 Å². The zero-order chi connectivity index (χ0) is 14.5. The molecule has 106 valence electrons. The van der Waals surface area contributed by atoms with Gasteiger partial charge in [0.15, 0.2) is 0 Å². The third kappa shape index (κ3) is 3.50. The van der Waals surface area contributed by atoms with Crippen molar-refractivity contribution in [3.63, 3.8) is 0 Å². The largest absolute Gasteiger partial charge is 0.488 e. The van der Waals surface area contributed by atoms with Crippen LogP contribution in [-0.4, -0.2) is 6.54 Å². The molecule has 4 heteroatoms. The maximum absolute atomic E-state index is 13.4. The summed E-state index contributed by atoms with van der Waals surface area (Å²) in [4.78, 5) is 0. The smallest absolute Gasteiger partial charge is 0.142 e. The standard InChI is InChI=1S/C16H17ClFNO/c1-11-3-2-4-13(7-8-19)16(11)20-10-12-5-6-14(17)15(18)9-12/h2-6,9H,7-8,10,19H2,1H3. The van der Waals surface area contributed by atoms with E-state index < -0.39 is 5.82 Å². The van der Waals surface area contributed by atoms with Crippen LogP contribution < -0.4 is 10.5 Å². The topological polar surface area (TPSA) is 35.2 Å². The van der Waals surface area contributed by atoms with E-state index in [0.29, 0.717) is 13.2 Å². The van der Waals surface area contributed by atoms with Crippen molar-refractivity contribution in [2.75, 3.05) is 6.54 Å². The second-order valence-electron chi connectivity index (χ2n) is 4.64. The monoisotopic (exact) mass is 293 g/mol. The third-order valence-electron chi connectivity index (χ3n) is 3.07. The summed E-state index contributed by atoms with van der Waals surface area (Å²) in [6.45, 7) is 2.85. The van der Waals surface area contributed by atoms with E-state index in [2.05, 4.69) is 0 Å². The molecule has 0 atom stereocenters. The molecule has 0 bridgehead atoms. The molecule has 0 radical (unpaired) electrons. The summed E-state index contributed by atoms with van der Waals surface area (Å²) in [7, 11) is 0. The molecule has 2 aromatic carbocycles. The molecular formula is C16H17ClFNO. The lowest BCUT2D eigenvalue weighted by Crippen LogP contribution is -2.06. The van der Waals surface area contributed by atoms with Crippen LogP contribution in [0.25, 0.3) is 0 Å². The van der Waals surface area contributed by atoms with E-state index in [1.54, 1.807) is 6.07 Å². The summed E-state index contributed by atoms with van der Waals surface area (Å²) in [6.07, 6.45) is 0.756. The summed E-state index contributed by atoms with van der Waals surface area (Å²) < 4.78 is 19.2.